The average Bonchev–Trinajstić information content (AvgIpc) is 2.99. The van der Waals surface area contributed by atoms with Crippen LogP contribution >= 0.6 is 11.3 Å². The summed E-state index contributed by atoms with van der Waals surface area (Å²) in [4.78, 5) is 13.5. The van der Waals surface area contributed by atoms with E-state index >= 15 is 0 Å². The van der Waals surface area contributed by atoms with E-state index in [1.807, 2.05) is 13.8 Å². The largest absolute Gasteiger partial charge is 0.315 e. The molecule has 0 amide bonds. The molecule has 1 saturated carbocycles. The highest BCUT2D eigenvalue weighted by Gasteiger charge is 2.35. The fraction of sp³-hybridized carbons (Fsp3) is 0.727. The summed E-state index contributed by atoms with van der Waals surface area (Å²) in [6, 6.07) is -0.0906. The van der Waals surface area contributed by atoms with Crippen molar-refractivity contribution >= 4 is 21.4 Å². The molecule has 1 fully saturated rings. The maximum absolute atomic E-state index is 12.5. The van der Waals surface area contributed by atoms with Crippen LogP contribution < -0.4 is 4.87 Å². The Bertz CT molecular complexity index is 582. The van der Waals surface area contributed by atoms with E-state index in [9.17, 15) is 13.2 Å². The van der Waals surface area contributed by atoms with Crippen molar-refractivity contribution in [3.8, 4) is 0 Å². The van der Waals surface area contributed by atoms with Crippen LogP contribution in [-0.2, 0) is 10.0 Å². The quantitative estimate of drug-likeness (QED) is 0.894. The highest BCUT2D eigenvalue weighted by Crippen LogP contribution is 2.33. The van der Waals surface area contributed by atoms with Gasteiger partial charge >= 0.3 is 4.87 Å². The Balaban J connectivity index is 2.37. The molecule has 0 atom stereocenters. The standard InChI is InChI=1S/C11H18N2O3S2/c1-7(2)13(6-9-4-5-9)18(15,16)10-8(3)12-11(14)17-10/h7,9H,4-6H2,1-3H3,(H,12,14). The smallest absolute Gasteiger partial charge is 0.305 e. The van der Waals surface area contributed by atoms with E-state index in [4.69, 9.17) is 0 Å². The van der Waals surface area contributed by atoms with Gasteiger partial charge in [0.15, 0.2) is 4.21 Å². The van der Waals surface area contributed by atoms with E-state index in [0.717, 1.165) is 24.2 Å². The molecule has 0 aromatic carbocycles. The molecule has 0 radical (unpaired) electrons. The molecule has 18 heavy (non-hydrogen) atoms. The molecule has 0 unspecified atom stereocenters. The van der Waals surface area contributed by atoms with E-state index in [-0.39, 0.29) is 15.1 Å². The first-order valence-electron chi connectivity index (χ1n) is 6.04. The predicted octanol–water partition coefficient (Wildman–Crippen LogP) is 1.55. The molecule has 0 bridgehead atoms. The van der Waals surface area contributed by atoms with Crippen molar-refractivity contribution in [2.24, 2.45) is 5.92 Å². The Kier molecular flexibility index (Phi) is 3.66. The van der Waals surface area contributed by atoms with Crippen molar-refractivity contribution in [2.75, 3.05) is 6.54 Å². The predicted molar refractivity (Wildman–Crippen MR) is 71.4 cm³/mol. The fourth-order valence-electron chi connectivity index (χ4n) is 1.88. The van der Waals surface area contributed by atoms with Crippen molar-refractivity contribution in [1.29, 1.82) is 0 Å². The summed E-state index contributed by atoms with van der Waals surface area (Å²) in [6.07, 6.45) is 2.20. The number of H-pyrrole nitrogens is 1. The van der Waals surface area contributed by atoms with E-state index in [2.05, 4.69) is 4.98 Å². The number of nitrogens with one attached hydrogen (secondary N) is 1. The third-order valence-corrected chi connectivity index (χ3v) is 6.66. The van der Waals surface area contributed by atoms with Gasteiger partial charge in [0.1, 0.15) is 0 Å². The zero-order valence-corrected chi connectivity index (χ0v) is 12.4. The third-order valence-electron chi connectivity index (χ3n) is 3.04. The SMILES string of the molecule is Cc1[nH]c(=O)sc1S(=O)(=O)N(CC1CC1)C(C)C. The molecule has 1 aliphatic carbocycles. The summed E-state index contributed by atoms with van der Waals surface area (Å²) in [5, 5.41) is 0. The van der Waals surface area contributed by atoms with Gasteiger partial charge in [-0.05, 0) is 39.5 Å². The molecule has 1 aromatic heterocycles. The molecule has 0 saturated heterocycles. The van der Waals surface area contributed by atoms with Gasteiger partial charge in [0.25, 0.3) is 10.0 Å². The molecule has 0 spiro atoms. The van der Waals surface area contributed by atoms with Gasteiger partial charge in [-0.25, -0.2) is 8.42 Å². The molecule has 1 aliphatic rings. The van der Waals surface area contributed by atoms with E-state index in [1.165, 1.54) is 4.31 Å². The van der Waals surface area contributed by atoms with Gasteiger partial charge in [-0.3, -0.25) is 4.79 Å². The van der Waals surface area contributed by atoms with E-state index in [0.29, 0.717) is 18.2 Å². The van der Waals surface area contributed by atoms with Crippen molar-refractivity contribution in [1.82, 2.24) is 9.29 Å². The second-order valence-electron chi connectivity index (χ2n) is 5.04. The van der Waals surface area contributed by atoms with Gasteiger partial charge in [0.2, 0.25) is 0 Å². The lowest BCUT2D eigenvalue weighted by atomic mass is 10.3. The summed E-state index contributed by atoms with van der Waals surface area (Å²) in [7, 11) is -3.54. The summed E-state index contributed by atoms with van der Waals surface area (Å²) < 4.78 is 26.8. The number of sulfonamides is 1. The van der Waals surface area contributed by atoms with Gasteiger partial charge in [0.05, 0.1) is 0 Å². The first-order valence-corrected chi connectivity index (χ1v) is 8.29. The van der Waals surface area contributed by atoms with Gasteiger partial charge in [-0.2, -0.15) is 4.31 Å². The first kappa shape index (κ1) is 13.8. The zero-order valence-electron chi connectivity index (χ0n) is 10.8. The van der Waals surface area contributed by atoms with Crippen LogP contribution in [0.2, 0.25) is 0 Å². The van der Waals surface area contributed by atoms with Crippen molar-refractivity contribution in [2.45, 2.75) is 43.9 Å². The molecule has 102 valence electrons. The second-order valence-corrected chi connectivity index (χ2v) is 8.11. The lowest BCUT2D eigenvalue weighted by Gasteiger charge is -2.25. The van der Waals surface area contributed by atoms with Crippen LogP contribution in [0.5, 0.6) is 0 Å². The minimum atomic E-state index is -3.54. The normalized spacial score (nSPS) is 16.7. The Morgan fingerprint density at radius 1 is 1.44 bits per heavy atom. The van der Waals surface area contributed by atoms with Crippen LogP contribution in [0.3, 0.4) is 0 Å². The highest BCUT2D eigenvalue weighted by atomic mass is 32.2. The molecule has 0 aliphatic heterocycles. The zero-order chi connectivity index (χ0) is 13.5. The Morgan fingerprint density at radius 2 is 2.06 bits per heavy atom. The van der Waals surface area contributed by atoms with Crippen molar-refractivity contribution in [3.63, 3.8) is 0 Å². The molecular formula is C11H18N2O3S2. The highest BCUT2D eigenvalue weighted by molar-refractivity contribution is 7.91. The summed E-state index contributed by atoms with van der Waals surface area (Å²) in [6.45, 7) is 5.92. The molecule has 1 heterocycles. The van der Waals surface area contributed by atoms with Crippen LogP contribution in [0.25, 0.3) is 0 Å². The number of hydrogen-bond donors (Lipinski definition) is 1. The van der Waals surface area contributed by atoms with Crippen molar-refractivity contribution in [3.05, 3.63) is 15.4 Å². The molecule has 2 rings (SSSR count). The van der Waals surface area contributed by atoms with Gasteiger partial charge in [-0.15, -0.1) is 0 Å². The Morgan fingerprint density at radius 3 is 2.44 bits per heavy atom. The molecule has 5 nitrogen and oxygen atoms in total. The van der Waals surface area contributed by atoms with Gasteiger partial charge in [-0.1, -0.05) is 11.3 Å². The number of aromatic nitrogens is 1. The second kappa shape index (κ2) is 4.79. The van der Waals surface area contributed by atoms with E-state index in [1.54, 1.807) is 6.92 Å². The Labute approximate surface area is 111 Å². The maximum atomic E-state index is 12.5. The maximum Gasteiger partial charge on any atom is 0.305 e. The summed E-state index contributed by atoms with van der Waals surface area (Å²) in [5.74, 6) is 0.484. The lowest BCUT2D eigenvalue weighted by molar-refractivity contribution is 0.342. The van der Waals surface area contributed by atoms with Crippen LogP contribution in [0, 0.1) is 12.8 Å². The molecule has 7 heteroatoms. The minimum Gasteiger partial charge on any atom is -0.315 e. The topological polar surface area (TPSA) is 70.2 Å². The van der Waals surface area contributed by atoms with Crippen LogP contribution in [0.15, 0.2) is 9.00 Å². The minimum absolute atomic E-state index is 0.0906. The number of hydrogen-bond acceptors (Lipinski definition) is 4. The van der Waals surface area contributed by atoms with E-state index < -0.39 is 10.0 Å². The third kappa shape index (κ3) is 2.67. The number of aromatic amines is 1. The van der Waals surface area contributed by atoms with Crippen LogP contribution in [-0.4, -0.2) is 30.3 Å². The fourth-order valence-corrected chi connectivity index (χ4v) is 5.01. The number of aryl methyl sites for hydroxylation is 1. The van der Waals surface area contributed by atoms with Gasteiger partial charge < -0.3 is 4.98 Å². The number of nitrogens with zero attached hydrogens (tertiary/aromatic N) is 1. The molecule has 1 N–H and O–H groups in total. The number of rotatable bonds is 5. The molecule has 1 aromatic rings. The van der Waals surface area contributed by atoms with Crippen LogP contribution in [0.1, 0.15) is 32.4 Å². The monoisotopic (exact) mass is 290 g/mol. The van der Waals surface area contributed by atoms with Gasteiger partial charge in [0, 0.05) is 18.3 Å². The average molecular weight is 290 g/mol. The lowest BCUT2D eigenvalue weighted by Crippen LogP contribution is -2.38. The van der Waals surface area contributed by atoms with Crippen molar-refractivity contribution < 1.29 is 8.42 Å². The summed E-state index contributed by atoms with van der Waals surface area (Å²) in [5.41, 5.74) is 0.437. The summed E-state index contributed by atoms with van der Waals surface area (Å²) >= 11 is 0.774. The first-order chi connectivity index (χ1) is 8.32. The Hall–Kier alpha value is -0.660. The van der Waals surface area contributed by atoms with Crippen LogP contribution in [0.4, 0.5) is 0 Å². The number of thiazole rings is 1. The molecular weight excluding hydrogens is 272 g/mol.